The van der Waals surface area contributed by atoms with Gasteiger partial charge in [0.25, 0.3) is 0 Å². The third-order valence-electron chi connectivity index (χ3n) is 6.30. The number of carboxylic acid groups (broad SMARTS) is 1. The number of carboxylic acids is 1. The highest BCUT2D eigenvalue weighted by atomic mass is 16.5. The monoisotopic (exact) mass is 464 g/mol. The highest BCUT2D eigenvalue weighted by Gasteiger charge is 2.27. The summed E-state index contributed by atoms with van der Waals surface area (Å²) < 4.78 is 12.0. The second-order valence-corrected chi connectivity index (χ2v) is 8.69. The van der Waals surface area contributed by atoms with Gasteiger partial charge in [0.15, 0.2) is 5.76 Å². The minimum absolute atomic E-state index is 0.183. The van der Waals surface area contributed by atoms with Crippen LogP contribution in [0.5, 0.6) is 5.75 Å². The van der Waals surface area contributed by atoms with E-state index in [-0.39, 0.29) is 5.92 Å². The highest BCUT2D eigenvalue weighted by molar-refractivity contribution is 5.79. The Hall–Kier alpha value is -4.12. The zero-order chi connectivity index (χ0) is 24.0. The topological polar surface area (TPSA) is 75.4 Å². The molecule has 0 radical (unpaired) electrons. The summed E-state index contributed by atoms with van der Waals surface area (Å²) in [6, 6.07) is 27.7. The fourth-order valence-corrected chi connectivity index (χ4v) is 4.65. The van der Waals surface area contributed by atoms with Gasteiger partial charge >= 0.3 is 0 Å². The van der Waals surface area contributed by atoms with Crippen molar-refractivity contribution in [3.63, 3.8) is 0 Å². The van der Waals surface area contributed by atoms with Gasteiger partial charge in [-0.2, -0.15) is 0 Å². The summed E-state index contributed by atoms with van der Waals surface area (Å²) in [7, 11) is 0. The molecule has 4 aromatic rings. The maximum Gasteiger partial charge on any atom is 0.223 e. The zero-order valence-corrected chi connectivity index (χ0v) is 19.4. The van der Waals surface area contributed by atoms with Gasteiger partial charge in [0.2, 0.25) is 5.89 Å². The molecular formula is C30H26NO4-. The van der Waals surface area contributed by atoms with Gasteiger partial charge in [-0.3, -0.25) is 0 Å². The minimum Gasteiger partial charge on any atom is -0.546 e. The maximum atomic E-state index is 10.9. The number of oxazole rings is 1. The maximum absolute atomic E-state index is 10.9. The molecule has 0 amide bonds. The van der Waals surface area contributed by atoms with Gasteiger partial charge in [-0.1, -0.05) is 84.9 Å². The summed E-state index contributed by atoms with van der Waals surface area (Å²) in [6.45, 7) is -0.467. The zero-order valence-electron chi connectivity index (χ0n) is 19.4. The molecule has 0 aliphatic heterocycles. The summed E-state index contributed by atoms with van der Waals surface area (Å²) in [5.41, 5.74) is 4.87. The van der Waals surface area contributed by atoms with Crippen molar-refractivity contribution in [1.29, 1.82) is 0 Å². The predicted octanol–water partition coefficient (Wildman–Crippen LogP) is 5.56. The van der Waals surface area contributed by atoms with Crippen LogP contribution in [0, 0.1) is 5.92 Å². The first-order valence-corrected chi connectivity index (χ1v) is 11.9. The lowest BCUT2D eigenvalue weighted by molar-refractivity contribution is -0.307. The van der Waals surface area contributed by atoms with Gasteiger partial charge in [0, 0.05) is 16.7 Å². The molecule has 0 bridgehead atoms. The van der Waals surface area contributed by atoms with E-state index in [4.69, 9.17) is 14.1 Å². The van der Waals surface area contributed by atoms with E-state index in [1.54, 1.807) is 6.07 Å². The highest BCUT2D eigenvalue weighted by Crippen LogP contribution is 2.40. The van der Waals surface area contributed by atoms with Gasteiger partial charge in [-0.25, -0.2) is 4.98 Å². The van der Waals surface area contributed by atoms with Gasteiger partial charge < -0.3 is 19.1 Å². The molecule has 1 aliphatic rings. The van der Waals surface area contributed by atoms with Crippen molar-refractivity contribution in [2.24, 2.45) is 5.92 Å². The molecule has 3 aromatic carbocycles. The quantitative estimate of drug-likeness (QED) is 0.341. The van der Waals surface area contributed by atoms with Crippen LogP contribution in [-0.4, -0.2) is 17.6 Å². The second kappa shape index (κ2) is 10.4. The number of aliphatic carboxylic acids is 1. The smallest absolute Gasteiger partial charge is 0.223 e. The third-order valence-corrected chi connectivity index (χ3v) is 6.30. The number of nitrogens with zero attached hydrogens (tertiary/aromatic N) is 1. The van der Waals surface area contributed by atoms with E-state index in [1.807, 2.05) is 78.9 Å². The van der Waals surface area contributed by atoms with Gasteiger partial charge in [-0.05, 0) is 43.2 Å². The van der Waals surface area contributed by atoms with Crippen LogP contribution in [0.4, 0.5) is 0 Å². The Balaban J connectivity index is 1.50. The molecule has 35 heavy (non-hydrogen) atoms. The number of hydrogen-bond donors (Lipinski definition) is 0. The van der Waals surface area contributed by atoms with E-state index in [1.165, 1.54) is 0 Å². The number of carbonyl (C=O) groups is 1. The van der Waals surface area contributed by atoms with E-state index in [2.05, 4.69) is 6.08 Å². The molecule has 1 heterocycles. The Morgan fingerprint density at radius 1 is 0.943 bits per heavy atom. The van der Waals surface area contributed by atoms with Crippen molar-refractivity contribution in [1.82, 2.24) is 4.98 Å². The van der Waals surface area contributed by atoms with Crippen LogP contribution in [0.2, 0.25) is 0 Å². The van der Waals surface area contributed by atoms with E-state index in [0.29, 0.717) is 18.1 Å². The fourth-order valence-electron chi connectivity index (χ4n) is 4.65. The predicted molar refractivity (Wildman–Crippen MR) is 133 cm³/mol. The number of rotatable bonds is 8. The van der Waals surface area contributed by atoms with Crippen molar-refractivity contribution in [3.05, 3.63) is 102 Å². The number of allylic oxidation sites excluding steroid dienone is 2. The van der Waals surface area contributed by atoms with Crippen LogP contribution in [0.3, 0.4) is 0 Å². The van der Waals surface area contributed by atoms with E-state index >= 15 is 0 Å². The third kappa shape index (κ3) is 5.19. The second-order valence-electron chi connectivity index (χ2n) is 8.69. The Bertz CT molecular complexity index is 1270. The lowest BCUT2D eigenvalue weighted by atomic mass is 9.83. The summed E-state index contributed by atoms with van der Waals surface area (Å²) >= 11 is 0. The number of hydrogen-bond acceptors (Lipinski definition) is 5. The van der Waals surface area contributed by atoms with Crippen molar-refractivity contribution in [3.8, 4) is 28.3 Å². The average molecular weight is 465 g/mol. The lowest BCUT2D eigenvalue weighted by Crippen LogP contribution is -2.29. The first-order chi connectivity index (χ1) is 17.2. The van der Waals surface area contributed by atoms with Crippen molar-refractivity contribution >= 4 is 11.5 Å². The van der Waals surface area contributed by atoms with Crippen LogP contribution in [-0.2, 0) is 11.2 Å². The molecule has 0 saturated heterocycles. The summed E-state index contributed by atoms with van der Waals surface area (Å²) in [5.74, 6) is 0.918. The van der Waals surface area contributed by atoms with Crippen LogP contribution < -0.4 is 9.84 Å². The van der Waals surface area contributed by atoms with Crippen molar-refractivity contribution < 1.29 is 19.1 Å². The number of aromatic nitrogens is 1. The fraction of sp³-hybridized carbons (Fsp3) is 0.200. The lowest BCUT2D eigenvalue weighted by Gasteiger charge is -2.23. The molecule has 0 N–H and O–H groups in total. The summed E-state index contributed by atoms with van der Waals surface area (Å²) in [5, 5.41) is 10.9. The Morgan fingerprint density at radius 3 is 2.37 bits per heavy atom. The molecular weight excluding hydrogens is 438 g/mol. The van der Waals surface area contributed by atoms with Crippen molar-refractivity contribution in [2.45, 2.75) is 25.7 Å². The largest absolute Gasteiger partial charge is 0.546 e. The molecule has 0 saturated carbocycles. The number of ether oxygens (including phenoxy) is 1. The number of benzene rings is 3. The van der Waals surface area contributed by atoms with E-state index in [0.717, 1.165) is 53.0 Å². The molecule has 1 atom stereocenters. The van der Waals surface area contributed by atoms with Crippen LogP contribution >= 0.6 is 0 Å². The molecule has 1 unspecified atom stereocenters. The average Bonchev–Trinajstić information content (AvgIpc) is 3.35. The molecule has 5 rings (SSSR count). The molecule has 176 valence electrons. The molecule has 0 spiro atoms. The summed E-state index contributed by atoms with van der Waals surface area (Å²) in [6.07, 6.45) is 5.98. The number of para-hydroxylation sites is 1. The molecule has 5 nitrogen and oxygen atoms in total. The van der Waals surface area contributed by atoms with Gasteiger partial charge in [0.05, 0.1) is 5.97 Å². The van der Waals surface area contributed by atoms with Crippen LogP contribution in [0.1, 0.15) is 30.7 Å². The van der Waals surface area contributed by atoms with Gasteiger partial charge in [-0.15, -0.1) is 0 Å². The van der Waals surface area contributed by atoms with Crippen LogP contribution in [0.15, 0.2) is 95.4 Å². The van der Waals surface area contributed by atoms with E-state index in [9.17, 15) is 9.90 Å². The normalized spacial score (nSPS) is 15.4. The standard InChI is InChI=1S/C30H27NO4/c32-27(33)20-34-26-18-10-8-16-24(26)19-23-15-7-9-17-25(23)30-31-28(21-11-3-1-4-12-21)29(35-30)22-13-5-2-6-14-22/h1-6,8,10-14,16-18,23H,7,9,15,19-20H2,(H,32,33)/p-1. The Kier molecular flexibility index (Phi) is 6.75. The first kappa shape index (κ1) is 22.7. The van der Waals surface area contributed by atoms with Crippen LogP contribution in [0.25, 0.3) is 28.2 Å². The summed E-state index contributed by atoms with van der Waals surface area (Å²) in [4.78, 5) is 15.9. The number of carbonyl (C=O) groups excluding carboxylic acids is 1. The molecule has 5 heteroatoms. The molecule has 1 aliphatic carbocycles. The van der Waals surface area contributed by atoms with Gasteiger partial charge in [0.1, 0.15) is 18.1 Å². The minimum atomic E-state index is -1.24. The molecule has 0 fully saturated rings. The van der Waals surface area contributed by atoms with Crippen molar-refractivity contribution in [2.75, 3.05) is 6.61 Å². The SMILES string of the molecule is O=C([O-])COc1ccccc1CC1CCCC=C1c1nc(-c2ccccc2)c(-c2ccccc2)o1. The van der Waals surface area contributed by atoms with E-state index < -0.39 is 12.6 Å². The Morgan fingerprint density at radius 2 is 1.63 bits per heavy atom. The molecule has 1 aromatic heterocycles. The Labute approximate surface area is 204 Å². The first-order valence-electron chi connectivity index (χ1n) is 11.9.